The maximum atomic E-state index is 11.6. The third kappa shape index (κ3) is 1.57. The first-order valence-corrected chi connectivity index (χ1v) is 4.86. The molecule has 5 heteroatoms. The molecule has 0 bridgehead atoms. The molecule has 2 aromatic heterocycles. The molecule has 15 heavy (non-hydrogen) atoms. The Labute approximate surface area is 91.7 Å². The predicted octanol–water partition coefficient (Wildman–Crippen LogP) is 1.53. The number of nitrogens with zero attached hydrogens (tertiary/aromatic N) is 3. The summed E-state index contributed by atoms with van der Waals surface area (Å²) in [5.41, 5.74) is 0.590. The normalized spacial score (nSPS) is 10.6. The highest BCUT2D eigenvalue weighted by Gasteiger charge is 2.13. The van der Waals surface area contributed by atoms with Crippen LogP contribution in [0.5, 0.6) is 0 Å². The van der Waals surface area contributed by atoms with Gasteiger partial charge in [-0.2, -0.15) is 5.10 Å². The molecule has 4 nitrogen and oxygen atoms in total. The summed E-state index contributed by atoms with van der Waals surface area (Å²) in [5.74, 6) is 0.597. The summed E-state index contributed by atoms with van der Waals surface area (Å²) < 4.78 is 3.07. The standard InChI is InChI=1S/C10H10ClN3O/c1-7-9(11)10(13(2)12-7)14-6-4-3-5-8(14)15/h3-6H,1-2H3. The van der Waals surface area contributed by atoms with Crippen LogP contribution in [0.1, 0.15) is 5.69 Å². The lowest BCUT2D eigenvalue weighted by Gasteiger charge is -2.05. The first-order chi connectivity index (χ1) is 7.11. The topological polar surface area (TPSA) is 39.8 Å². The second kappa shape index (κ2) is 3.55. The molecule has 0 aliphatic heterocycles. The number of hydrogen-bond acceptors (Lipinski definition) is 2. The van der Waals surface area contributed by atoms with Gasteiger partial charge in [-0.05, 0) is 13.0 Å². The van der Waals surface area contributed by atoms with E-state index in [9.17, 15) is 4.79 Å². The molecule has 0 radical (unpaired) electrons. The van der Waals surface area contributed by atoms with Gasteiger partial charge in [0.15, 0.2) is 5.82 Å². The van der Waals surface area contributed by atoms with Gasteiger partial charge >= 0.3 is 0 Å². The van der Waals surface area contributed by atoms with Gasteiger partial charge in [-0.15, -0.1) is 0 Å². The third-order valence-electron chi connectivity index (χ3n) is 2.17. The molecule has 2 rings (SSSR count). The number of rotatable bonds is 1. The smallest absolute Gasteiger partial charge is 0.256 e. The van der Waals surface area contributed by atoms with Gasteiger partial charge in [0.2, 0.25) is 0 Å². The van der Waals surface area contributed by atoms with E-state index < -0.39 is 0 Å². The highest BCUT2D eigenvalue weighted by Crippen LogP contribution is 2.21. The van der Waals surface area contributed by atoms with Gasteiger partial charge in [-0.25, -0.2) is 0 Å². The van der Waals surface area contributed by atoms with Crippen LogP contribution in [-0.2, 0) is 7.05 Å². The summed E-state index contributed by atoms with van der Waals surface area (Å²) in [6, 6.07) is 4.95. The van der Waals surface area contributed by atoms with Gasteiger partial charge in [0.05, 0.1) is 5.69 Å². The van der Waals surface area contributed by atoms with Gasteiger partial charge in [0.1, 0.15) is 5.02 Å². The molecule has 2 heterocycles. The highest BCUT2D eigenvalue weighted by atomic mass is 35.5. The SMILES string of the molecule is Cc1nn(C)c(-n2ccccc2=O)c1Cl. The third-order valence-corrected chi connectivity index (χ3v) is 2.61. The van der Waals surface area contributed by atoms with Crippen LogP contribution in [-0.4, -0.2) is 14.3 Å². The van der Waals surface area contributed by atoms with Crippen molar-refractivity contribution >= 4 is 11.6 Å². The van der Waals surface area contributed by atoms with Gasteiger partial charge in [-0.1, -0.05) is 17.7 Å². The largest absolute Gasteiger partial charge is 0.269 e. The zero-order chi connectivity index (χ0) is 11.0. The van der Waals surface area contributed by atoms with Crippen LogP contribution >= 0.6 is 11.6 Å². The molecule has 78 valence electrons. The number of aryl methyl sites for hydroxylation is 2. The number of halogens is 1. The molecule has 0 unspecified atom stereocenters. The molecule has 0 amide bonds. The minimum absolute atomic E-state index is 0.123. The molecule has 0 saturated carbocycles. The van der Waals surface area contributed by atoms with E-state index in [1.807, 2.05) is 0 Å². The van der Waals surface area contributed by atoms with Crippen molar-refractivity contribution in [2.45, 2.75) is 6.92 Å². The molecule has 0 N–H and O–H groups in total. The van der Waals surface area contributed by atoms with Gasteiger partial charge in [-0.3, -0.25) is 14.0 Å². The van der Waals surface area contributed by atoms with Crippen molar-refractivity contribution in [3.63, 3.8) is 0 Å². The summed E-state index contributed by atoms with van der Waals surface area (Å²) in [6.45, 7) is 1.81. The minimum atomic E-state index is -0.123. The van der Waals surface area contributed by atoms with Crippen LogP contribution < -0.4 is 5.56 Å². The van der Waals surface area contributed by atoms with Crippen LogP contribution in [0.2, 0.25) is 5.02 Å². The molecule has 2 aromatic rings. The monoisotopic (exact) mass is 223 g/mol. The van der Waals surface area contributed by atoms with E-state index in [0.717, 1.165) is 0 Å². The molecule has 0 atom stereocenters. The molecular weight excluding hydrogens is 214 g/mol. The van der Waals surface area contributed by atoms with Crippen molar-refractivity contribution < 1.29 is 0 Å². The highest BCUT2D eigenvalue weighted by molar-refractivity contribution is 6.32. The molecule has 0 aromatic carbocycles. The minimum Gasteiger partial charge on any atom is -0.269 e. The van der Waals surface area contributed by atoms with Crippen LogP contribution in [0.25, 0.3) is 5.82 Å². The second-order valence-electron chi connectivity index (χ2n) is 3.26. The van der Waals surface area contributed by atoms with Crippen LogP contribution in [0, 0.1) is 6.92 Å². The Morgan fingerprint density at radius 1 is 1.40 bits per heavy atom. The van der Waals surface area contributed by atoms with Crippen LogP contribution in [0.15, 0.2) is 29.2 Å². The Morgan fingerprint density at radius 2 is 2.13 bits per heavy atom. The quantitative estimate of drug-likeness (QED) is 0.736. The van der Waals surface area contributed by atoms with Crippen molar-refractivity contribution in [3.05, 3.63) is 45.5 Å². The van der Waals surface area contributed by atoms with E-state index in [1.54, 1.807) is 37.0 Å². The van der Waals surface area contributed by atoms with Crippen molar-refractivity contribution in [2.24, 2.45) is 7.05 Å². The van der Waals surface area contributed by atoms with Crippen molar-refractivity contribution in [1.29, 1.82) is 0 Å². The fourth-order valence-electron chi connectivity index (χ4n) is 1.48. The Kier molecular flexibility index (Phi) is 2.36. The summed E-state index contributed by atoms with van der Waals surface area (Å²) in [6.07, 6.45) is 1.67. The lowest BCUT2D eigenvalue weighted by Crippen LogP contribution is -2.18. The Hall–Kier alpha value is -1.55. The molecule has 0 spiro atoms. The Balaban J connectivity index is 2.75. The predicted molar refractivity (Wildman–Crippen MR) is 58.6 cm³/mol. The Bertz CT molecular complexity index is 556. The van der Waals surface area contributed by atoms with Crippen LogP contribution in [0.3, 0.4) is 0 Å². The summed E-state index contributed by atoms with van der Waals surface area (Å²) in [7, 11) is 1.76. The fraction of sp³-hybridized carbons (Fsp3) is 0.200. The van der Waals surface area contributed by atoms with Crippen molar-refractivity contribution in [1.82, 2.24) is 14.3 Å². The van der Waals surface area contributed by atoms with E-state index >= 15 is 0 Å². The summed E-state index contributed by atoms with van der Waals surface area (Å²) in [4.78, 5) is 11.6. The molecule has 0 saturated heterocycles. The maximum absolute atomic E-state index is 11.6. The van der Waals surface area contributed by atoms with Crippen molar-refractivity contribution in [2.75, 3.05) is 0 Å². The lowest BCUT2D eigenvalue weighted by atomic mass is 10.4. The number of aromatic nitrogens is 3. The van der Waals surface area contributed by atoms with Crippen LogP contribution in [0.4, 0.5) is 0 Å². The average Bonchev–Trinajstić information content (AvgIpc) is 2.43. The van der Waals surface area contributed by atoms with Crippen molar-refractivity contribution in [3.8, 4) is 5.82 Å². The summed E-state index contributed by atoms with van der Waals surface area (Å²) >= 11 is 6.08. The van der Waals surface area contributed by atoms with Gasteiger partial charge in [0, 0.05) is 19.3 Å². The maximum Gasteiger partial charge on any atom is 0.256 e. The summed E-state index contributed by atoms with van der Waals surface area (Å²) in [5, 5.41) is 4.66. The first kappa shape index (κ1) is 9.98. The molecular formula is C10H10ClN3O. The van der Waals surface area contributed by atoms with E-state index in [0.29, 0.717) is 16.5 Å². The van der Waals surface area contributed by atoms with Gasteiger partial charge in [0.25, 0.3) is 5.56 Å². The first-order valence-electron chi connectivity index (χ1n) is 4.48. The van der Waals surface area contributed by atoms with E-state index in [2.05, 4.69) is 5.10 Å². The average molecular weight is 224 g/mol. The fourth-order valence-corrected chi connectivity index (χ4v) is 1.74. The molecule has 0 aliphatic rings. The molecule has 0 aliphatic carbocycles. The van der Waals surface area contributed by atoms with E-state index in [-0.39, 0.29) is 5.56 Å². The zero-order valence-electron chi connectivity index (χ0n) is 8.44. The second-order valence-corrected chi connectivity index (χ2v) is 3.63. The lowest BCUT2D eigenvalue weighted by molar-refractivity contribution is 0.715. The van der Waals surface area contributed by atoms with E-state index in [1.165, 1.54) is 10.6 Å². The van der Waals surface area contributed by atoms with E-state index in [4.69, 9.17) is 11.6 Å². The number of pyridine rings is 1. The zero-order valence-corrected chi connectivity index (χ0v) is 9.19. The molecule has 0 fully saturated rings. The number of hydrogen-bond donors (Lipinski definition) is 0. The van der Waals surface area contributed by atoms with Gasteiger partial charge < -0.3 is 0 Å². The Morgan fingerprint density at radius 3 is 2.67 bits per heavy atom.